The lowest BCUT2D eigenvalue weighted by atomic mass is 10.2. The second-order valence-corrected chi connectivity index (χ2v) is 5.91. The highest BCUT2D eigenvalue weighted by atomic mass is 32.1. The largest absolute Gasteiger partial charge is 0.477 e. The van der Waals surface area contributed by atoms with Crippen LogP contribution in [0.3, 0.4) is 0 Å². The second kappa shape index (κ2) is 5.75. The highest BCUT2D eigenvalue weighted by Crippen LogP contribution is 2.35. The molecule has 2 heterocycles. The van der Waals surface area contributed by atoms with Crippen LogP contribution >= 0.6 is 11.3 Å². The Morgan fingerprint density at radius 2 is 2.05 bits per heavy atom. The van der Waals surface area contributed by atoms with Gasteiger partial charge in [0.15, 0.2) is 0 Å². The van der Waals surface area contributed by atoms with Crippen molar-refractivity contribution in [2.75, 3.05) is 18.5 Å². The fraction of sp³-hybridized carbons (Fsp3) is 0.500. The van der Waals surface area contributed by atoms with E-state index in [4.69, 9.17) is 0 Å². The van der Waals surface area contributed by atoms with Gasteiger partial charge in [-0.05, 0) is 25.8 Å². The molecular weight excluding hydrogens is 274 g/mol. The lowest BCUT2D eigenvalue weighted by molar-refractivity contribution is 0.0701. The van der Waals surface area contributed by atoms with Gasteiger partial charge in [0.05, 0.1) is 5.39 Å². The Morgan fingerprint density at radius 3 is 2.65 bits per heavy atom. The number of fused-ring (bicyclic) bond motifs is 1. The van der Waals surface area contributed by atoms with Crippen molar-refractivity contribution in [2.24, 2.45) is 0 Å². The summed E-state index contributed by atoms with van der Waals surface area (Å²) in [4.78, 5) is 23.4. The van der Waals surface area contributed by atoms with E-state index in [0.29, 0.717) is 10.7 Å². The van der Waals surface area contributed by atoms with Gasteiger partial charge < -0.3 is 10.0 Å². The summed E-state index contributed by atoms with van der Waals surface area (Å²) in [7, 11) is 1.99. The number of nitrogens with zero attached hydrogens (tertiary/aromatic N) is 3. The number of thiophene rings is 1. The van der Waals surface area contributed by atoms with Gasteiger partial charge >= 0.3 is 5.97 Å². The maximum atomic E-state index is 11.3. The smallest absolute Gasteiger partial charge is 0.346 e. The number of hydrogen-bond donors (Lipinski definition) is 1. The Kier molecular flexibility index (Phi) is 4.23. The number of aryl methyl sites for hydroxylation is 2. The van der Waals surface area contributed by atoms with E-state index in [2.05, 4.69) is 21.8 Å². The number of aromatic carboxylic acids is 1. The molecule has 0 aliphatic carbocycles. The molecule has 20 heavy (non-hydrogen) atoms. The van der Waals surface area contributed by atoms with Crippen molar-refractivity contribution in [3.8, 4) is 0 Å². The molecule has 0 unspecified atom stereocenters. The first-order valence-corrected chi connectivity index (χ1v) is 7.49. The molecule has 6 heteroatoms. The van der Waals surface area contributed by atoms with Crippen LogP contribution in [0.5, 0.6) is 0 Å². The van der Waals surface area contributed by atoms with Crippen molar-refractivity contribution in [3.05, 3.63) is 16.3 Å². The van der Waals surface area contributed by atoms with E-state index in [1.54, 1.807) is 0 Å². The molecule has 0 bridgehead atoms. The normalized spacial score (nSPS) is 11.0. The fourth-order valence-electron chi connectivity index (χ4n) is 2.20. The van der Waals surface area contributed by atoms with E-state index in [-0.39, 0.29) is 0 Å². The first kappa shape index (κ1) is 14.7. The number of carboxylic acids is 1. The molecule has 2 rings (SSSR count). The summed E-state index contributed by atoms with van der Waals surface area (Å²) in [5.74, 6) is 0.613. The standard InChI is InChI=1S/C14H19N3O2S/c1-5-6-7-17(4)12-10-8(2)11(14(18)19)20-13(10)16-9(3)15-12/h5-7H2,1-4H3,(H,18,19). The summed E-state index contributed by atoms with van der Waals surface area (Å²) in [6.45, 7) is 6.72. The summed E-state index contributed by atoms with van der Waals surface area (Å²) in [6.07, 6.45) is 2.19. The van der Waals surface area contributed by atoms with Gasteiger partial charge in [-0.1, -0.05) is 13.3 Å². The van der Waals surface area contributed by atoms with Crippen molar-refractivity contribution >= 4 is 33.3 Å². The summed E-state index contributed by atoms with van der Waals surface area (Å²) in [5.41, 5.74) is 0.760. The molecule has 5 nitrogen and oxygen atoms in total. The van der Waals surface area contributed by atoms with Gasteiger partial charge in [0, 0.05) is 13.6 Å². The maximum Gasteiger partial charge on any atom is 0.346 e. The van der Waals surface area contributed by atoms with Crippen molar-refractivity contribution in [2.45, 2.75) is 33.6 Å². The molecule has 0 saturated carbocycles. The van der Waals surface area contributed by atoms with Gasteiger partial charge in [-0.3, -0.25) is 0 Å². The van der Waals surface area contributed by atoms with Gasteiger partial charge in [0.25, 0.3) is 0 Å². The van der Waals surface area contributed by atoms with Gasteiger partial charge in [-0.2, -0.15) is 0 Å². The zero-order valence-electron chi connectivity index (χ0n) is 12.2. The third-order valence-electron chi connectivity index (χ3n) is 3.29. The topological polar surface area (TPSA) is 66.3 Å². The molecule has 0 radical (unpaired) electrons. The highest BCUT2D eigenvalue weighted by molar-refractivity contribution is 7.20. The van der Waals surface area contributed by atoms with Crippen LogP contribution in [0.2, 0.25) is 0 Å². The van der Waals surface area contributed by atoms with E-state index in [0.717, 1.165) is 41.0 Å². The molecule has 1 N–H and O–H groups in total. The number of aromatic nitrogens is 2. The number of rotatable bonds is 5. The van der Waals surface area contributed by atoms with Crippen LogP contribution in [0.1, 0.15) is 40.8 Å². The first-order valence-electron chi connectivity index (χ1n) is 6.67. The minimum absolute atomic E-state index is 0.352. The van der Waals surface area contributed by atoms with Crippen LogP contribution < -0.4 is 4.90 Å². The Balaban J connectivity index is 2.61. The zero-order chi connectivity index (χ0) is 14.9. The number of hydrogen-bond acceptors (Lipinski definition) is 5. The highest BCUT2D eigenvalue weighted by Gasteiger charge is 2.20. The van der Waals surface area contributed by atoms with Crippen LogP contribution in [-0.4, -0.2) is 34.6 Å². The van der Waals surface area contributed by atoms with Gasteiger partial charge in [0.2, 0.25) is 0 Å². The maximum absolute atomic E-state index is 11.3. The number of carboxylic acid groups (broad SMARTS) is 1. The van der Waals surface area contributed by atoms with Crippen LogP contribution in [0.15, 0.2) is 0 Å². The third-order valence-corrected chi connectivity index (χ3v) is 4.46. The van der Waals surface area contributed by atoms with Crippen LogP contribution in [0.4, 0.5) is 5.82 Å². The molecule has 108 valence electrons. The molecule has 0 atom stereocenters. The molecule has 0 aliphatic heterocycles. The van der Waals surface area contributed by atoms with Gasteiger partial charge in [-0.15, -0.1) is 11.3 Å². The van der Waals surface area contributed by atoms with Crippen LogP contribution in [0, 0.1) is 13.8 Å². The number of carbonyl (C=O) groups is 1. The Labute approximate surface area is 122 Å². The fourth-order valence-corrected chi connectivity index (χ4v) is 3.26. The molecule has 0 saturated heterocycles. The molecular formula is C14H19N3O2S. The molecule has 0 aliphatic rings. The lowest BCUT2D eigenvalue weighted by Crippen LogP contribution is -2.20. The predicted octanol–water partition coefficient (Wildman–Crippen LogP) is 3.24. The van der Waals surface area contributed by atoms with Gasteiger partial charge in [-0.25, -0.2) is 14.8 Å². The van der Waals surface area contributed by atoms with Crippen molar-refractivity contribution in [1.29, 1.82) is 0 Å². The Bertz CT molecular complexity index is 651. The first-order chi connectivity index (χ1) is 9.45. The molecule has 0 fully saturated rings. The Morgan fingerprint density at radius 1 is 1.35 bits per heavy atom. The summed E-state index contributed by atoms with van der Waals surface area (Å²) >= 11 is 1.22. The average molecular weight is 293 g/mol. The molecule has 0 aromatic carbocycles. The van der Waals surface area contributed by atoms with E-state index in [1.807, 2.05) is 20.9 Å². The average Bonchev–Trinajstić information content (AvgIpc) is 2.72. The van der Waals surface area contributed by atoms with Crippen LogP contribution in [0.25, 0.3) is 10.2 Å². The lowest BCUT2D eigenvalue weighted by Gasteiger charge is -2.19. The monoisotopic (exact) mass is 293 g/mol. The quantitative estimate of drug-likeness (QED) is 0.916. The molecule has 0 spiro atoms. The second-order valence-electron chi connectivity index (χ2n) is 4.91. The molecule has 2 aromatic heterocycles. The summed E-state index contributed by atoms with van der Waals surface area (Å²) in [5, 5.41) is 10.1. The summed E-state index contributed by atoms with van der Waals surface area (Å²) < 4.78 is 0. The summed E-state index contributed by atoms with van der Waals surface area (Å²) in [6, 6.07) is 0. The molecule has 0 amide bonds. The number of anilines is 1. The minimum atomic E-state index is -0.898. The van der Waals surface area contributed by atoms with E-state index in [1.165, 1.54) is 11.3 Å². The molecule has 2 aromatic rings. The predicted molar refractivity (Wildman–Crippen MR) is 82.0 cm³/mol. The van der Waals surface area contributed by atoms with Crippen molar-refractivity contribution in [3.63, 3.8) is 0 Å². The van der Waals surface area contributed by atoms with Gasteiger partial charge in [0.1, 0.15) is 21.3 Å². The third kappa shape index (κ3) is 2.60. The number of unbranched alkanes of at least 4 members (excludes halogenated alkanes) is 1. The van der Waals surface area contributed by atoms with E-state index in [9.17, 15) is 9.90 Å². The van der Waals surface area contributed by atoms with E-state index >= 15 is 0 Å². The van der Waals surface area contributed by atoms with Crippen molar-refractivity contribution in [1.82, 2.24) is 9.97 Å². The Hall–Kier alpha value is -1.69. The zero-order valence-corrected chi connectivity index (χ0v) is 13.0. The van der Waals surface area contributed by atoms with Crippen LogP contribution in [-0.2, 0) is 0 Å². The van der Waals surface area contributed by atoms with Crippen molar-refractivity contribution < 1.29 is 9.90 Å². The SMILES string of the molecule is CCCCN(C)c1nc(C)nc2sc(C(=O)O)c(C)c12. The van der Waals surface area contributed by atoms with E-state index < -0.39 is 5.97 Å². The minimum Gasteiger partial charge on any atom is -0.477 e.